The molecule has 1 aromatic heterocycles. The van der Waals surface area contributed by atoms with Crippen LogP contribution in [0.25, 0.3) is 0 Å². The molecule has 0 radical (unpaired) electrons. The summed E-state index contributed by atoms with van der Waals surface area (Å²) in [4.78, 5) is 4.17. The Balaban J connectivity index is 2.53. The number of thioether (sulfide) groups is 1. The molecule has 0 aliphatic rings. The zero-order chi connectivity index (χ0) is 11.3. The molecule has 1 atom stereocenters. The predicted molar refractivity (Wildman–Crippen MR) is 69.4 cm³/mol. The highest BCUT2D eigenvalue weighted by atomic mass is 79.9. The zero-order valence-electron chi connectivity index (χ0n) is 8.83. The van der Waals surface area contributed by atoms with Crippen molar-refractivity contribution >= 4 is 33.5 Å². The lowest BCUT2D eigenvalue weighted by atomic mass is 10.1. The maximum atomic E-state index is 9.94. The van der Waals surface area contributed by atoms with Crippen LogP contribution in [0, 0.1) is 0 Å². The molecule has 1 rings (SSSR count). The molecule has 1 heterocycles. The van der Waals surface area contributed by atoms with E-state index in [-0.39, 0.29) is 0 Å². The van der Waals surface area contributed by atoms with E-state index in [1.807, 2.05) is 25.3 Å². The molecule has 3 nitrogen and oxygen atoms in total. The van der Waals surface area contributed by atoms with E-state index in [1.165, 1.54) is 0 Å². The minimum absolute atomic E-state index is 0.490. The van der Waals surface area contributed by atoms with Crippen molar-refractivity contribution in [3.63, 3.8) is 0 Å². The number of rotatable bonds is 5. The summed E-state index contributed by atoms with van der Waals surface area (Å²) in [6.07, 6.45) is 3.70. The molecule has 84 valence electrons. The highest BCUT2D eigenvalue weighted by molar-refractivity contribution is 9.10. The molecular formula is C10H15BrN2OS. The van der Waals surface area contributed by atoms with Gasteiger partial charge in [0.1, 0.15) is 5.82 Å². The summed E-state index contributed by atoms with van der Waals surface area (Å²) < 4.78 is 0.907. The zero-order valence-corrected chi connectivity index (χ0v) is 11.2. The smallest absolute Gasteiger partial charge is 0.140 e. The molecule has 0 saturated carbocycles. The van der Waals surface area contributed by atoms with Crippen LogP contribution in [-0.4, -0.2) is 34.2 Å². The predicted octanol–water partition coefficient (Wildman–Crippen LogP) is 2.37. The minimum Gasteiger partial charge on any atom is -0.387 e. The molecule has 0 amide bonds. The second-order valence-electron chi connectivity index (χ2n) is 3.62. The molecule has 0 aromatic carbocycles. The van der Waals surface area contributed by atoms with Crippen molar-refractivity contribution < 1.29 is 5.11 Å². The Morgan fingerprint density at radius 1 is 1.67 bits per heavy atom. The van der Waals surface area contributed by atoms with E-state index < -0.39 is 5.60 Å². The molecule has 15 heavy (non-hydrogen) atoms. The highest BCUT2D eigenvalue weighted by Crippen LogP contribution is 2.19. The number of nitrogens with one attached hydrogen (secondary N) is 1. The number of aliphatic hydroxyl groups is 1. The van der Waals surface area contributed by atoms with E-state index in [0.717, 1.165) is 10.3 Å². The fourth-order valence-electron chi connectivity index (χ4n) is 1.15. The first-order chi connectivity index (χ1) is 7.05. The van der Waals surface area contributed by atoms with E-state index in [4.69, 9.17) is 0 Å². The van der Waals surface area contributed by atoms with Gasteiger partial charge in [0.2, 0.25) is 0 Å². The van der Waals surface area contributed by atoms with E-state index >= 15 is 0 Å². The van der Waals surface area contributed by atoms with E-state index in [0.29, 0.717) is 12.3 Å². The maximum Gasteiger partial charge on any atom is 0.140 e. The first kappa shape index (κ1) is 12.8. The maximum absolute atomic E-state index is 9.94. The average Bonchev–Trinajstić information content (AvgIpc) is 2.16. The second kappa shape index (κ2) is 5.72. The summed E-state index contributed by atoms with van der Waals surface area (Å²) in [6, 6.07) is 3.77. The number of aromatic nitrogens is 1. The van der Waals surface area contributed by atoms with Crippen molar-refractivity contribution in [3.05, 3.63) is 22.8 Å². The summed E-state index contributed by atoms with van der Waals surface area (Å²) in [5.41, 5.74) is -0.712. The lowest BCUT2D eigenvalue weighted by Crippen LogP contribution is -2.36. The van der Waals surface area contributed by atoms with Crippen molar-refractivity contribution in [2.24, 2.45) is 0 Å². The molecule has 5 heteroatoms. The van der Waals surface area contributed by atoms with Gasteiger partial charge in [-0.05, 0) is 41.2 Å². The third-order valence-electron chi connectivity index (χ3n) is 1.85. The van der Waals surface area contributed by atoms with Crippen molar-refractivity contribution in [3.8, 4) is 0 Å². The van der Waals surface area contributed by atoms with Gasteiger partial charge in [0.15, 0.2) is 0 Å². The van der Waals surface area contributed by atoms with Gasteiger partial charge in [0, 0.05) is 18.5 Å². The summed E-state index contributed by atoms with van der Waals surface area (Å²) >= 11 is 5.02. The van der Waals surface area contributed by atoms with Gasteiger partial charge in [-0.1, -0.05) is 0 Å². The number of hydrogen-bond acceptors (Lipinski definition) is 4. The molecule has 0 aliphatic carbocycles. The Morgan fingerprint density at radius 3 is 3.00 bits per heavy atom. The standard InChI is InChI=1S/C10H15BrN2OS/c1-10(14,7-15-2)6-13-9-8(11)4-3-5-12-9/h3-5,14H,6-7H2,1-2H3,(H,12,13). The van der Waals surface area contributed by atoms with Gasteiger partial charge in [-0.25, -0.2) is 4.98 Å². The normalized spacial score (nSPS) is 14.7. The van der Waals surface area contributed by atoms with Gasteiger partial charge in [0.25, 0.3) is 0 Å². The quantitative estimate of drug-likeness (QED) is 0.874. The number of pyridine rings is 1. The average molecular weight is 291 g/mol. The van der Waals surface area contributed by atoms with Crippen LogP contribution in [0.5, 0.6) is 0 Å². The monoisotopic (exact) mass is 290 g/mol. The van der Waals surface area contributed by atoms with Crippen molar-refractivity contribution in [2.45, 2.75) is 12.5 Å². The SMILES string of the molecule is CSCC(C)(O)CNc1ncccc1Br. The fourth-order valence-corrected chi connectivity index (χ4v) is 2.27. The van der Waals surface area contributed by atoms with Crippen molar-refractivity contribution in [1.82, 2.24) is 4.98 Å². The Morgan fingerprint density at radius 2 is 2.40 bits per heavy atom. The molecule has 0 saturated heterocycles. The van der Waals surface area contributed by atoms with Crippen LogP contribution in [0.1, 0.15) is 6.92 Å². The number of anilines is 1. The van der Waals surface area contributed by atoms with E-state index in [1.54, 1.807) is 18.0 Å². The van der Waals surface area contributed by atoms with Gasteiger partial charge < -0.3 is 10.4 Å². The molecule has 1 unspecified atom stereocenters. The molecular weight excluding hydrogens is 276 g/mol. The van der Waals surface area contributed by atoms with Crippen LogP contribution < -0.4 is 5.32 Å². The van der Waals surface area contributed by atoms with Gasteiger partial charge in [0.05, 0.1) is 10.1 Å². The van der Waals surface area contributed by atoms with Crippen LogP contribution in [0.4, 0.5) is 5.82 Å². The van der Waals surface area contributed by atoms with Gasteiger partial charge in [-0.3, -0.25) is 0 Å². The molecule has 2 N–H and O–H groups in total. The first-order valence-electron chi connectivity index (χ1n) is 4.61. The van der Waals surface area contributed by atoms with Crippen LogP contribution in [0.2, 0.25) is 0 Å². The largest absolute Gasteiger partial charge is 0.387 e. The third kappa shape index (κ3) is 4.40. The third-order valence-corrected chi connectivity index (χ3v) is 3.40. The van der Waals surface area contributed by atoms with Crippen molar-refractivity contribution in [1.29, 1.82) is 0 Å². The number of nitrogens with zero attached hydrogens (tertiary/aromatic N) is 1. The summed E-state index contributed by atoms with van der Waals surface area (Å²) in [5, 5.41) is 13.1. The second-order valence-corrected chi connectivity index (χ2v) is 5.34. The topological polar surface area (TPSA) is 45.1 Å². The first-order valence-corrected chi connectivity index (χ1v) is 6.79. The van der Waals surface area contributed by atoms with Crippen molar-refractivity contribution in [2.75, 3.05) is 23.9 Å². The van der Waals surface area contributed by atoms with Crippen LogP contribution >= 0.6 is 27.7 Å². The lowest BCUT2D eigenvalue weighted by Gasteiger charge is -2.23. The molecule has 0 bridgehead atoms. The molecule has 1 aromatic rings. The van der Waals surface area contributed by atoms with Gasteiger partial charge in [-0.15, -0.1) is 0 Å². The van der Waals surface area contributed by atoms with Gasteiger partial charge in [-0.2, -0.15) is 11.8 Å². The Labute approximate surface area is 103 Å². The van der Waals surface area contributed by atoms with Crippen LogP contribution in [-0.2, 0) is 0 Å². The Hall–Kier alpha value is -0.260. The fraction of sp³-hybridized carbons (Fsp3) is 0.500. The highest BCUT2D eigenvalue weighted by Gasteiger charge is 2.19. The summed E-state index contributed by atoms with van der Waals surface area (Å²) in [6.45, 7) is 2.30. The summed E-state index contributed by atoms with van der Waals surface area (Å²) in [5.74, 6) is 1.46. The summed E-state index contributed by atoms with van der Waals surface area (Å²) in [7, 11) is 0. The molecule has 0 fully saturated rings. The number of hydrogen-bond donors (Lipinski definition) is 2. The van der Waals surface area contributed by atoms with Crippen LogP contribution in [0.3, 0.4) is 0 Å². The van der Waals surface area contributed by atoms with Gasteiger partial charge >= 0.3 is 0 Å². The Bertz CT molecular complexity index is 320. The van der Waals surface area contributed by atoms with E-state index in [2.05, 4.69) is 26.2 Å². The Kier molecular flexibility index (Phi) is 4.89. The molecule has 0 spiro atoms. The molecule has 0 aliphatic heterocycles. The lowest BCUT2D eigenvalue weighted by molar-refractivity contribution is 0.0996. The van der Waals surface area contributed by atoms with Crippen LogP contribution in [0.15, 0.2) is 22.8 Å². The minimum atomic E-state index is -0.712. The van der Waals surface area contributed by atoms with E-state index in [9.17, 15) is 5.11 Å². The number of halogens is 1.